The van der Waals surface area contributed by atoms with E-state index in [1.54, 1.807) is 95.3 Å². The second kappa shape index (κ2) is 29.5. The number of amides is 7. The summed E-state index contributed by atoms with van der Waals surface area (Å²) in [5, 5.41) is 27.9. The molecule has 2 rings (SSSR count). The van der Waals surface area contributed by atoms with Crippen molar-refractivity contribution in [2.75, 3.05) is 13.1 Å². The van der Waals surface area contributed by atoms with E-state index in [1.807, 2.05) is 20.8 Å². The molecule has 0 bridgehead atoms. The van der Waals surface area contributed by atoms with Crippen LogP contribution in [-0.2, 0) is 60.7 Å². The van der Waals surface area contributed by atoms with Gasteiger partial charge in [0.15, 0.2) is 0 Å². The van der Waals surface area contributed by atoms with Crippen molar-refractivity contribution in [3.8, 4) is 0 Å². The summed E-state index contributed by atoms with van der Waals surface area (Å²) in [7, 11) is 0. The summed E-state index contributed by atoms with van der Waals surface area (Å²) < 4.78 is 5.60. The van der Waals surface area contributed by atoms with Crippen molar-refractivity contribution >= 4 is 53.3 Å². The average Bonchev–Trinajstić information content (AvgIpc) is 3.29. The molecule has 0 spiro atoms. The van der Waals surface area contributed by atoms with Crippen molar-refractivity contribution in [1.82, 2.24) is 37.2 Å². The molecule has 2 aromatic rings. The first-order valence-corrected chi connectivity index (χ1v) is 23.5. The molecule has 0 aliphatic carbocycles. The van der Waals surface area contributed by atoms with Gasteiger partial charge < -0.3 is 58.5 Å². The number of esters is 1. The first-order chi connectivity index (χ1) is 32.5. The van der Waals surface area contributed by atoms with E-state index in [9.17, 15) is 48.3 Å². The number of benzene rings is 2. The minimum atomic E-state index is -1.46. The van der Waals surface area contributed by atoms with E-state index >= 15 is 0 Å². The Bertz CT molecular complexity index is 2020. The van der Waals surface area contributed by atoms with Crippen LogP contribution in [0.3, 0.4) is 0 Å². The molecule has 20 heteroatoms. The first kappa shape index (κ1) is 58.7. The maximum absolute atomic E-state index is 14.1. The normalized spacial score (nSPS) is 15.2. The molecule has 69 heavy (non-hydrogen) atoms. The zero-order valence-corrected chi connectivity index (χ0v) is 41.3. The number of carboxylic acids is 1. The Labute approximate surface area is 405 Å². The molecular formula is C49H75N9O11. The molecule has 7 amide bonds. The van der Waals surface area contributed by atoms with Crippen LogP contribution in [0.4, 0.5) is 0 Å². The van der Waals surface area contributed by atoms with Crippen LogP contribution in [0.1, 0.15) is 92.7 Å². The lowest BCUT2D eigenvalue weighted by atomic mass is 9.96. The highest BCUT2D eigenvalue weighted by Crippen LogP contribution is 2.14. The SMILES string of the molecule is CC[C@H](C)[C@H](NC(=O)CN)C(=O)N[C@@H](CC(C)C)C(=O)NCC(=O)N[C@@H](Cc1ccccc1)C(=O)N[C@H](C(=O)N[C@@H](Cc1ccccc1)C(=O)O[C@H](C)[C@H](N)C(=O)N[C@@H](CC(C)C)C(=O)O)C(C)C. The zero-order valence-electron chi connectivity index (χ0n) is 41.3. The lowest BCUT2D eigenvalue weighted by molar-refractivity contribution is -0.155. The Balaban J connectivity index is 2.31. The van der Waals surface area contributed by atoms with Gasteiger partial charge in [0.25, 0.3) is 0 Å². The van der Waals surface area contributed by atoms with Crippen molar-refractivity contribution in [1.29, 1.82) is 0 Å². The van der Waals surface area contributed by atoms with Gasteiger partial charge in [-0.15, -0.1) is 0 Å². The van der Waals surface area contributed by atoms with Gasteiger partial charge in [-0.25, -0.2) is 9.59 Å². The topological polar surface area (TPSA) is 319 Å². The third-order valence-electron chi connectivity index (χ3n) is 11.3. The maximum Gasteiger partial charge on any atom is 0.329 e. The Morgan fingerprint density at radius 2 is 1.06 bits per heavy atom. The molecule has 9 atom stereocenters. The molecule has 0 radical (unpaired) electrons. The molecule has 0 heterocycles. The summed E-state index contributed by atoms with van der Waals surface area (Å²) in [6, 6.07) is 8.88. The van der Waals surface area contributed by atoms with Gasteiger partial charge in [0.1, 0.15) is 48.4 Å². The highest BCUT2D eigenvalue weighted by Gasteiger charge is 2.36. The number of hydrogen-bond acceptors (Lipinski definition) is 12. The molecule has 0 aromatic heterocycles. The van der Waals surface area contributed by atoms with E-state index in [-0.39, 0.29) is 50.0 Å². The van der Waals surface area contributed by atoms with E-state index < -0.39 is 114 Å². The molecule has 12 N–H and O–H groups in total. The largest absolute Gasteiger partial charge is 0.480 e. The number of nitrogens with two attached hydrogens (primary N) is 2. The lowest BCUT2D eigenvalue weighted by Gasteiger charge is -2.28. The minimum absolute atomic E-state index is 0.0181. The van der Waals surface area contributed by atoms with Crippen LogP contribution < -0.4 is 48.7 Å². The minimum Gasteiger partial charge on any atom is -0.480 e. The third kappa shape index (κ3) is 20.8. The van der Waals surface area contributed by atoms with Crippen LogP contribution >= 0.6 is 0 Å². The van der Waals surface area contributed by atoms with Gasteiger partial charge in [-0.1, -0.05) is 122 Å². The summed E-state index contributed by atoms with van der Waals surface area (Å²) >= 11 is 0. The van der Waals surface area contributed by atoms with Crippen LogP contribution in [0.25, 0.3) is 0 Å². The van der Waals surface area contributed by atoms with Crippen LogP contribution in [0.5, 0.6) is 0 Å². The second-order valence-corrected chi connectivity index (χ2v) is 18.5. The van der Waals surface area contributed by atoms with Crippen LogP contribution in [0.2, 0.25) is 0 Å². The van der Waals surface area contributed by atoms with E-state index in [4.69, 9.17) is 16.2 Å². The Kier molecular flexibility index (Phi) is 25.1. The van der Waals surface area contributed by atoms with Crippen LogP contribution in [0.15, 0.2) is 60.7 Å². The number of nitrogens with one attached hydrogen (secondary N) is 7. The first-order valence-electron chi connectivity index (χ1n) is 23.5. The van der Waals surface area contributed by atoms with Gasteiger partial charge >= 0.3 is 11.9 Å². The number of aliphatic carboxylic acids is 1. The molecule has 0 fully saturated rings. The van der Waals surface area contributed by atoms with Gasteiger partial charge in [0, 0.05) is 12.8 Å². The predicted octanol–water partition coefficient (Wildman–Crippen LogP) is 0.593. The summed E-state index contributed by atoms with van der Waals surface area (Å²) in [6.45, 7) is 14.7. The van der Waals surface area contributed by atoms with Crippen molar-refractivity contribution in [2.45, 2.75) is 143 Å². The maximum atomic E-state index is 14.1. The van der Waals surface area contributed by atoms with Gasteiger partial charge in [0.2, 0.25) is 41.4 Å². The number of carbonyl (C=O) groups is 9. The van der Waals surface area contributed by atoms with E-state index in [0.717, 1.165) is 0 Å². The summed E-state index contributed by atoms with van der Waals surface area (Å²) in [4.78, 5) is 119. The van der Waals surface area contributed by atoms with Crippen LogP contribution in [-0.4, -0.2) is 120 Å². The van der Waals surface area contributed by atoms with E-state index in [0.29, 0.717) is 17.5 Å². The summed E-state index contributed by atoms with van der Waals surface area (Å²) in [5.74, 6) is -8.07. The monoisotopic (exact) mass is 966 g/mol. The van der Waals surface area contributed by atoms with Crippen LogP contribution in [0, 0.1) is 23.7 Å². The number of carboxylic acid groups (broad SMARTS) is 1. The smallest absolute Gasteiger partial charge is 0.329 e. The predicted molar refractivity (Wildman–Crippen MR) is 258 cm³/mol. The van der Waals surface area contributed by atoms with Gasteiger partial charge in [0.05, 0.1) is 13.1 Å². The molecule has 0 saturated carbocycles. The number of rotatable bonds is 29. The number of carbonyl (C=O) groups excluding carboxylic acids is 8. The molecule has 20 nitrogen and oxygen atoms in total. The Morgan fingerprint density at radius 3 is 1.55 bits per heavy atom. The van der Waals surface area contributed by atoms with Gasteiger partial charge in [-0.3, -0.25) is 33.6 Å². The second-order valence-electron chi connectivity index (χ2n) is 18.5. The molecule has 0 saturated heterocycles. The number of hydrogen-bond donors (Lipinski definition) is 10. The molecule has 0 aliphatic rings. The van der Waals surface area contributed by atoms with E-state index in [2.05, 4.69) is 37.2 Å². The fourth-order valence-corrected chi connectivity index (χ4v) is 7.10. The summed E-state index contributed by atoms with van der Waals surface area (Å²) in [6.07, 6.45) is -0.445. The third-order valence-corrected chi connectivity index (χ3v) is 11.3. The molecule has 0 aliphatic heterocycles. The van der Waals surface area contributed by atoms with E-state index in [1.165, 1.54) is 6.92 Å². The molecule has 0 unspecified atom stereocenters. The summed E-state index contributed by atoms with van der Waals surface area (Å²) in [5.41, 5.74) is 12.9. The average molecular weight is 966 g/mol. The van der Waals surface area contributed by atoms with Gasteiger partial charge in [-0.2, -0.15) is 0 Å². The molecular weight excluding hydrogens is 891 g/mol. The zero-order chi connectivity index (χ0) is 52.0. The Hall–Kier alpha value is -6.41. The standard InChI is InChI=1S/C49H75N9O11/c1-10-30(8)42(57-38(59)25-50)47(65)54-34(21-27(2)3)43(61)52-26-39(60)53-35(23-32-17-13-11-14-18-32)44(62)58-41(29(6)7)46(64)56-37(24-33-19-15-12-16-20-33)49(68)69-31(9)40(51)45(63)55-36(48(66)67)22-28(4)5/h11-20,27-31,34-37,40-42H,10,21-26,50-51H2,1-9H3,(H,52,61)(H,53,60)(H,54,65)(H,55,63)(H,56,64)(H,57,59)(H,58,62)(H,66,67)/t30-,31+,34-,35-,36-,37-,40-,41-,42-/m0/s1. The highest BCUT2D eigenvalue weighted by atomic mass is 16.5. The Morgan fingerprint density at radius 1 is 0.565 bits per heavy atom. The van der Waals surface area contributed by atoms with Gasteiger partial charge in [-0.05, 0) is 54.6 Å². The molecule has 382 valence electrons. The highest BCUT2D eigenvalue weighted by molar-refractivity contribution is 5.96. The van der Waals surface area contributed by atoms with Crippen molar-refractivity contribution in [3.05, 3.63) is 71.8 Å². The quantitative estimate of drug-likeness (QED) is 0.0500. The lowest BCUT2D eigenvalue weighted by Crippen LogP contribution is -2.59. The van der Waals surface area contributed by atoms with Crippen molar-refractivity contribution < 1.29 is 53.0 Å². The van der Waals surface area contributed by atoms with Crippen molar-refractivity contribution in [3.63, 3.8) is 0 Å². The fourth-order valence-electron chi connectivity index (χ4n) is 7.10. The number of ether oxygens (including phenoxy) is 1. The van der Waals surface area contributed by atoms with Crippen molar-refractivity contribution in [2.24, 2.45) is 35.1 Å². The molecule has 2 aromatic carbocycles. The fraction of sp³-hybridized carbons (Fsp3) is 0.571.